The van der Waals surface area contributed by atoms with Gasteiger partial charge in [0.25, 0.3) is 0 Å². The van der Waals surface area contributed by atoms with Crippen LogP contribution in [0.15, 0.2) is 16.6 Å². The van der Waals surface area contributed by atoms with E-state index in [9.17, 15) is 0 Å². The predicted molar refractivity (Wildman–Crippen MR) is 96.0 cm³/mol. The molecule has 1 rings (SSSR count). The molecule has 0 heterocycles. The minimum absolute atomic E-state index is 0.699. The Morgan fingerprint density at radius 3 is 2.45 bits per heavy atom. The number of nitrogens with one attached hydrogen (secondary N) is 1. The molecule has 4 nitrogen and oxygen atoms in total. The van der Waals surface area contributed by atoms with Gasteiger partial charge in [-0.15, -0.1) is 0 Å². The first-order valence-corrected chi connectivity index (χ1v) is 8.87. The van der Waals surface area contributed by atoms with Gasteiger partial charge >= 0.3 is 0 Å². The summed E-state index contributed by atoms with van der Waals surface area (Å²) >= 11 is 3.62. The topological polar surface area (TPSA) is 33.7 Å². The molecule has 0 bridgehead atoms. The summed E-state index contributed by atoms with van der Waals surface area (Å²) in [6.07, 6.45) is 0.982. The molecule has 0 fully saturated rings. The third kappa shape index (κ3) is 6.15. The lowest BCUT2D eigenvalue weighted by atomic mass is 10.2. The number of nitrogens with zero attached hydrogens (tertiary/aromatic N) is 1. The van der Waals surface area contributed by atoms with Crippen molar-refractivity contribution < 1.29 is 9.47 Å². The number of rotatable bonds is 11. The second-order valence-electron chi connectivity index (χ2n) is 5.15. The molecule has 0 aliphatic rings. The van der Waals surface area contributed by atoms with Crippen molar-refractivity contribution in [3.05, 3.63) is 22.2 Å². The van der Waals surface area contributed by atoms with E-state index < -0.39 is 0 Å². The smallest absolute Gasteiger partial charge is 0.162 e. The van der Waals surface area contributed by atoms with Crippen molar-refractivity contribution in [2.24, 2.45) is 0 Å². The summed E-state index contributed by atoms with van der Waals surface area (Å²) in [7, 11) is 1.68. The molecule has 0 aliphatic heterocycles. The quantitative estimate of drug-likeness (QED) is 0.600. The maximum Gasteiger partial charge on any atom is 0.162 e. The largest absolute Gasteiger partial charge is 0.493 e. The summed E-state index contributed by atoms with van der Waals surface area (Å²) in [6, 6.07) is 4.04. The van der Waals surface area contributed by atoms with Gasteiger partial charge in [-0.25, -0.2) is 0 Å². The summed E-state index contributed by atoms with van der Waals surface area (Å²) in [5.41, 5.74) is 1.18. The molecular weight excluding hydrogens is 344 g/mol. The minimum atomic E-state index is 0.699. The summed E-state index contributed by atoms with van der Waals surface area (Å²) < 4.78 is 12.2. The standard InChI is InChI=1S/C17H29BrN2O2/c1-5-10-22-17-12-15(18)14(11-16(17)21-4)13-19-8-9-20(6-2)7-3/h11-12,19H,5-10,13H2,1-4H3. The molecule has 0 saturated carbocycles. The van der Waals surface area contributed by atoms with Gasteiger partial charge in [-0.2, -0.15) is 0 Å². The van der Waals surface area contributed by atoms with E-state index in [1.807, 2.05) is 12.1 Å². The maximum atomic E-state index is 5.72. The molecule has 1 N–H and O–H groups in total. The van der Waals surface area contributed by atoms with Crippen LogP contribution in [-0.4, -0.2) is 44.8 Å². The molecule has 126 valence electrons. The van der Waals surface area contributed by atoms with Gasteiger partial charge in [0.1, 0.15) is 0 Å². The number of hydrogen-bond acceptors (Lipinski definition) is 4. The van der Waals surface area contributed by atoms with E-state index in [1.165, 1.54) is 5.56 Å². The molecule has 0 aromatic heterocycles. The second-order valence-corrected chi connectivity index (χ2v) is 6.00. The highest BCUT2D eigenvalue weighted by molar-refractivity contribution is 9.10. The summed E-state index contributed by atoms with van der Waals surface area (Å²) in [6.45, 7) is 12.2. The monoisotopic (exact) mass is 372 g/mol. The van der Waals surface area contributed by atoms with Gasteiger partial charge in [0.2, 0.25) is 0 Å². The molecular formula is C17H29BrN2O2. The summed E-state index contributed by atoms with van der Waals surface area (Å²) in [4.78, 5) is 2.41. The van der Waals surface area contributed by atoms with E-state index in [2.05, 4.69) is 46.9 Å². The van der Waals surface area contributed by atoms with Gasteiger partial charge in [-0.1, -0.05) is 36.7 Å². The number of methoxy groups -OCH3 is 1. The van der Waals surface area contributed by atoms with Crippen LogP contribution >= 0.6 is 15.9 Å². The van der Waals surface area contributed by atoms with Crippen molar-refractivity contribution in [3.63, 3.8) is 0 Å². The first-order chi connectivity index (χ1) is 10.7. The normalized spacial score (nSPS) is 11.0. The van der Waals surface area contributed by atoms with Gasteiger partial charge in [-0.05, 0) is 37.2 Å². The van der Waals surface area contributed by atoms with Gasteiger partial charge in [0, 0.05) is 24.1 Å². The van der Waals surface area contributed by atoms with Crippen molar-refractivity contribution >= 4 is 15.9 Å². The highest BCUT2D eigenvalue weighted by Crippen LogP contribution is 2.33. The predicted octanol–water partition coefficient (Wildman–Crippen LogP) is 3.68. The Labute approximate surface area is 143 Å². The Morgan fingerprint density at radius 2 is 1.86 bits per heavy atom. The van der Waals surface area contributed by atoms with E-state index in [-0.39, 0.29) is 0 Å². The molecule has 22 heavy (non-hydrogen) atoms. The number of likely N-dealkylation sites (N-methyl/N-ethyl adjacent to an activating group) is 1. The summed E-state index contributed by atoms with van der Waals surface area (Å²) in [5, 5.41) is 3.49. The zero-order valence-corrected chi connectivity index (χ0v) is 15.8. The van der Waals surface area contributed by atoms with Crippen LogP contribution in [0.2, 0.25) is 0 Å². The molecule has 1 aromatic carbocycles. The van der Waals surface area contributed by atoms with Crippen LogP contribution in [0.1, 0.15) is 32.8 Å². The van der Waals surface area contributed by atoms with Gasteiger partial charge in [-0.3, -0.25) is 0 Å². The van der Waals surface area contributed by atoms with E-state index in [0.717, 1.165) is 55.1 Å². The van der Waals surface area contributed by atoms with E-state index in [4.69, 9.17) is 9.47 Å². The molecule has 1 aromatic rings. The van der Waals surface area contributed by atoms with Crippen molar-refractivity contribution in [2.45, 2.75) is 33.7 Å². The minimum Gasteiger partial charge on any atom is -0.493 e. The first kappa shape index (κ1) is 19.3. The number of halogens is 1. The lowest BCUT2D eigenvalue weighted by Crippen LogP contribution is -2.31. The number of benzene rings is 1. The van der Waals surface area contributed by atoms with Crippen molar-refractivity contribution in [1.82, 2.24) is 10.2 Å². The van der Waals surface area contributed by atoms with Crippen LogP contribution in [0.25, 0.3) is 0 Å². The van der Waals surface area contributed by atoms with Gasteiger partial charge in [0.05, 0.1) is 13.7 Å². The molecule has 0 saturated heterocycles. The molecule has 5 heteroatoms. The molecule has 0 amide bonds. The Balaban J connectivity index is 2.59. The number of hydrogen-bond donors (Lipinski definition) is 1. The zero-order chi connectivity index (χ0) is 16.4. The van der Waals surface area contributed by atoms with E-state index >= 15 is 0 Å². The van der Waals surface area contributed by atoms with Crippen LogP contribution in [-0.2, 0) is 6.54 Å². The molecule has 0 aliphatic carbocycles. The maximum absolute atomic E-state index is 5.72. The van der Waals surface area contributed by atoms with E-state index in [1.54, 1.807) is 7.11 Å². The fourth-order valence-electron chi connectivity index (χ4n) is 2.20. The highest BCUT2D eigenvalue weighted by Gasteiger charge is 2.10. The average molecular weight is 373 g/mol. The van der Waals surface area contributed by atoms with E-state index in [0.29, 0.717) is 6.61 Å². The highest BCUT2D eigenvalue weighted by atomic mass is 79.9. The lowest BCUT2D eigenvalue weighted by Gasteiger charge is -2.18. The second kappa shape index (κ2) is 10.9. The zero-order valence-electron chi connectivity index (χ0n) is 14.2. The van der Waals surface area contributed by atoms with Crippen LogP contribution < -0.4 is 14.8 Å². The van der Waals surface area contributed by atoms with Crippen molar-refractivity contribution in [2.75, 3.05) is 39.9 Å². The van der Waals surface area contributed by atoms with Crippen LogP contribution in [0.3, 0.4) is 0 Å². The van der Waals surface area contributed by atoms with Crippen LogP contribution in [0, 0.1) is 0 Å². The van der Waals surface area contributed by atoms with Crippen molar-refractivity contribution in [1.29, 1.82) is 0 Å². The molecule has 0 atom stereocenters. The van der Waals surface area contributed by atoms with Crippen LogP contribution in [0.5, 0.6) is 11.5 Å². The average Bonchev–Trinajstić information content (AvgIpc) is 2.54. The van der Waals surface area contributed by atoms with Crippen molar-refractivity contribution in [3.8, 4) is 11.5 Å². The van der Waals surface area contributed by atoms with Crippen LogP contribution in [0.4, 0.5) is 0 Å². The lowest BCUT2D eigenvalue weighted by molar-refractivity contribution is 0.293. The first-order valence-electron chi connectivity index (χ1n) is 8.08. The molecule has 0 unspecified atom stereocenters. The Morgan fingerprint density at radius 1 is 1.14 bits per heavy atom. The Kier molecular flexibility index (Phi) is 9.52. The molecule has 0 spiro atoms. The fraction of sp³-hybridized carbons (Fsp3) is 0.647. The fourth-order valence-corrected chi connectivity index (χ4v) is 2.66. The molecule has 0 radical (unpaired) electrons. The Bertz CT molecular complexity index is 437. The summed E-state index contributed by atoms with van der Waals surface area (Å²) in [5.74, 6) is 1.58. The third-order valence-electron chi connectivity index (χ3n) is 3.61. The third-order valence-corrected chi connectivity index (χ3v) is 4.35. The Hall–Kier alpha value is -0.780. The van der Waals surface area contributed by atoms with Gasteiger partial charge in [0.15, 0.2) is 11.5 Å². The number of ether oxygens (including phenoxy) is 2. The SMILES string of the molecule is CCCOc1cc(Br)c(CNCCN(CC)CC)cc1OC. The van der Waals surface area contributed by atoms with Gasteiger partial charge < -0.3 is 19.7 Å².